The van der Waals surface area contributed by atoms with Crippen molar-refractivity contribution in [1.82, 2.24) is 10.2 Å². The van der Waals surface area contributed by atoms with Gasteiger partial charge in [-0.15, -0.1) is 0 Å². The summed E-state index contributed by atoms with van der Waals surface area (Å²) in [5.41, 5.74) is 6.48. The van der Waals surface area contributed by atoms with Gasteiger partial charge in [0.15, 0.2) is 11.6 Å². The van der Waals surface area contributed by atoms with Crippen LogP contribution in [0.25, 0.3) is 0 Å². The molecule has 3 atom stereocenters. The van der Waals surface area contributed by atoms with Crippen molar-refractivity contribution in [2.75, 3.05) is 0 Å². The quantitative estimate of drug-likeness (QED) is 0.462. The summed E-state index contributed by atoms with van der Waals surface area (Å²) in [6.07, 6.45) is 4.24. The van der Waals surface area contributed by atoms with Crippen LogP contribution in [-0.4, -0.2) is 34.8 Å². The Morgan fingerprint density at radius 3 is 2.26 bits per heavy atom. The predicted molar refractivity (Wildman–Crippen MR) is 124 cm³/mol. The number of carbonyl (C=O) groups is 2. The number of nitrogens with one attached hydrogen (secondary N) is 1. The van der Waals surface area contributed by atoms with Crippen LogP contribution in [0.1, 0.15) is 49.7 Å². The van der Waals surface area contributed by atoms with Crippen molar-refractivity contribution in [3.63, 3.8) is 0 Å². The van der Waals surface area contributed by atoms with Gasteiger partial charge in [0.1, 0.15) is 11.2 Å². The Kier molecular flexibility index (Phi) is 6.34. The molecule has 5 nitrogen and oxygen atoms in total. The topological polar surface area (TPSA) is 75.4 Å². The number of fused-ring (bicyclic) bond motifs is 2. The summed E-state index contributed by atoms with van der Waals surface area (Å²) in [5, 5.41) is 2.94. The largest absolute Gasteiger partial charge is 0.351 e. The zero-order valence-corrected chi connectivity index (χ0v) is 19.5. The molecule has 2 saturated heterocycles. The number of nitrogens with two attached hydrogens (primary N) is 1. The molecule has 2 aromatic rings. The van der Waals surface area contributed by atoms with Gasteiger partial charge in [0.2, 0.25) is 11.8 Å². The van der Waals surface area contributed by atoms with Crippen LogP contribution in [0.2, 0.25) is 0 Å². The third-order valence-corrected chi connectivity index (χ3v) is 8.04. The van der Waals surface area contributed by atoms with Gasteiger partial charge in [-0.1, -0.05) is 30.3 Å². The lowest BCUT2D eigenvalue weighted by Gasteiger charge is -2.42. The number of benzene rings is 2. The Hall–Kier alpha value is -2.87. The van der Waals surface area contributed by atoms with Gasteiger partial charge in [-0.2, -0.15) is 0 Å². The highest BCUT2D eigenvalue weighted by Crippen LogP contribution is 2.51. The van der Waals surface area contributed by atoms with Gasteiger partial charge in [0.05, 0.1) is 0 Å². The lowest BCUT2D eigenvalue weighted by Crippen LogP contribution is -2.54. The summed E-state index contributed by atoms with van der Waals surface area (Å²) >= 11 is 0. The van der Waals surface area contributed by atoms with E-state index < -0.39 is 28.9 Å². The first-order chi connectivity index (χ1) is 16.8. The predicted octanol–water partition coefficient (Wildman–Crippen LogP) is 3.84. The van der Waals surface area contributed by atoms with Crippen molar-refractivity contribution in [3.05, 3.63) is 71.0 Å². The van der Waals surface area contributed by atoms with Crippen LogP contribution in [0.15, 0.2) is 42.5 Å². The van der Waals surface area contributed by atoms with Crippen LogP contribution < -0.4 is 11.1 Å². The van der Waals surface area contributed by atoms with Crippen molar-refractivity contribution in [2.45, 2.75) is 69.6 Å². The van der Waals surface area contributed by atoms with Gasteiger partial charge in [0, 0.05) is 30.7 Å². The lowest BCUT2D eigenvalue weighted by atomic mass is 9.82. The standard InChI is InChI=1S/C27H30F3N3O2/c28-21-14-23(30)22(29)12-17(21)13-24(31)18-10-19-6-7-20(11-18)33(19)26(35)27(8-9-27)25(34)32-15-16-4-2-1-3-5-16/h1-5,12,14,18-20,24H,6-11,13,15,31H2,(H,32,34)/t18?,19?,20?,24-/m1/s1. The molecule has 2 heterocycles. The summed E-state index contributed by atoms with van der Waals surface area (Å²) in [5.74, 6) is -3.37. The third kappa shape index (κ3) is 4.56. The first kappa shape index (κ1) is 23.9. The zero-order valence-electron chi connectivity index (χ0n) is 19.5. The molecule has 5 rings (SSSR count). The SMILES string of the molecule is N[C@H](Cc1cc(F)c(F)cc1F)C1CC2CCC(C1)N2C(=O)C1(C(=O)NCc2ccccc2)CC1. The van der Waals surface area contributed by atoms with Gasteiger partial charge < -0.3 is 16.0 Å². The van der Waals surface area contributed by atoms with Crippen molar-refractivity contribution < 1.29 is 22.8 Å². The van der Waals surface area contributed by atoms with E-state index in [1.54, 1.807) is 0 Å². The van der Waals surface area contributed by atoms with Gasteiger partial charge in [-0.25, -0.2) is 13.2 Å². The molecule has 0 spiro atoms. The fourth-order valence-corrected chi connectivity index (χ4v) is 5.90. The monoisotopic (exact) mass is 485 g/mol. The average Bonchev–Trinajstić information content (AvgIpc) is 3.62. The first-order valence-electron chi connectivity index (χ1n) is 12.3. The minimum absolute atomic E-state index is 0.00787. The molecular formula is C27H30F3N3O2. The molecular weight excluding hydrogens is 455 g/mol. The van der Waals surface area contributed by atoms with Crippen LogP contribution in [0, 0.1) is 28.8 Å². The third-order valence-electron chi connectivity index (χ3n) is 8.04. The minimum Gasteiger partial charge on any atom is -0.351 e. The van der Waals surface area contributed by atoms with Crippen LogP contribution in [0.5, 0.6) is 0 Å². The molecule has 2 bridgehead atoms. The number of hydrogen-bond acceptors (Lipinski definition) is 3. The number of piperidine rings is 1. The maximum Gasteiger partial charge on any atom is 0.238 e. The van der Waals surface area contributed by atoms with E-state index in [-0.39, 0.29) is 41.8 Å². The molecule has 35 heavy (non-hydrogen) atoms. The van der Waals surface area contributed by atoms with Gasteiger partial charge in [-0.05, 0) is 68.1 Å². The fraction of sp³-hybridized carbons (Fsp3) is 0.481. The van der Waals surface area contributed by atoms with Crippen LogP contribution >= 0.6 is 0 Å². The van der Waals surface area contributed by atoms with E-state index in [1.807, 2.05) is 35.2 Å². The van der Waals surface area contributed by atoms with Gasteiger partial charge in [-0.3, -0.25) is 9.59 Å². The Bertz CT molecular complexity index is 1110. The van der Waals surface area contributed by atoms with Gasteiger partial charge >= 0.3 is 0 Å². The normalized spacial score (nSPS) is 25.3. The van der Waals surface area contributed by atoms with Gasteiger partial charge in [0.25, 0.3) is 0 Å². The van der Waals surface area contributed by atoms with E-state index in [9.17, 15) is 22.8 Å². The summed E-state index contributed by atoms with van der Waals surface area (Å²) in [6.45, 7) is 0.388. The van der Waals surface area contributed by atoms with Crippen molar-refractivity contribution in [3.8, 4) is 0 Å². The molecule has 2 aromatic carbocycles. The van der Waals surface area contributed by atoms with E-state index in [1.165, 1.54) is 0 Å². The minimum atomic E-state index is -1.22. The number of halogens is 3. The van der Waals surface area contributed by atoms with Crippen molar-refractivity contribution in [2.24, 2.45) is 17.1 Å². The molecule has 0 aromatic heterocycles. The van der Waals surface area contributed by atoms with Crippen LogP contribution in [0.3, 0.4) is 0 Å². The molecule has 2 unspecified atom stereocenters. The molecule has 3 fully saturated rings. The molecule has 2 amide bonds. The van der Waals surface area contributed by atoms with E-state index in [2.05, 4.69) is 5.32 Å². The van der Waals surface area contributed by atoms with E-state index in [0.29, 0.717) is 38.3 Å². The van der Waals surface area contributed by atoms with Crippen molar-refractivity contribution >= 4 is 11.8 Å². The second-order valence-electron chi connectivity index (χ2n) is 10.3. The highest BCUT2D eigenvalue weighted by molar-refractivity contribution is 6.08. The molecule has 3 N–H and O–H groups in total. The zero-order chi connectivity index (χ0) is 24.7. The second kappa shape index (κ2) is 9.30. The van der Waals surface area contributed by atoms with Crippen molar-refractivity contribution in [1.29, 1.82) is 0 Å². The van der Waals surface area contributed by atoms with E-state index in [4.69, 9.17) is 5.73 Å². The maximum absolute atomic E-state index is 14.1. The Morgan fingerprint density at radius 2 is 1.63 bits per heavy atom. The first-order valence-corrected chi connectivity index (χ1v) is 12.3. The summed E-state index contributed by atoms with van der Waals surface area (Å²) in [6, 6.07) is 10.6. The molecule has 8 heteroatoms. The Labute approximate surface area is 202 Å². The number of amides is 2. The summed E-state index contributed by atoms with van der Waals surface area (Å²) in [4.78, 5) is 28.5. The highest BCUT2D eigenvalue weighted by atomic mass is 19.2. The lowest BCUT2D eigenvalue weighted by molar-refractivity contribution is -0.148. The molecule has 2 aliphatic heterocycles. The average molecular weight is 486 g/mol. The number of rotatable bonds is 7. The second-order valence-corrected chi connectivity index (χ2v) is 10.3. The summed E-state index contributed by atoms with van der Waals surface area (Å²) in [7, 11) is 0. The van der Waals surface area contributed by atoms with Crippen LogP contribution in [-0.2, 0) is 22.6 Å². The number of hydrogen-bond donors (Lipinski definition) is 2. The number of carbonyl (C=O) groups excluding carboxylic acids is 2. The highest BCUT2D eigenvalue weighted by Gasteiger charge is 2.61. The maximum atomic E-state index is 14.1. The smallest absolute Gasteiger partial charge is 0.238 e. The molecule has 1 aliphatic carbocycles. The molecule has 0 radical (unpaired) electrons. The van der Waals surface area contributed by atoms with Crippen LogP contribution in [0.4, 0.5) is 13.2 Å². The number of nitrogens with zero attached hydrogens (tertiary/aromatic N) is 1. The molecule has 186 valence electrons. The fourth-order valence-electron chi connectivity index (χ4n) is 5.90. The van der Waals surface area contributed by atoms with E-state index >= 15 is 0 Å². The Balaban J connectivity index is 1.22. The Morgan fingerprint density at radius 1 is 1.00 bits per heavy atom. The molecule has 3 aliphatic rings. The molecule has 1 saturated carbocycles. The summed E-state index contributed by atoms with van der Waals surface area (Å²) < 4.78 is 41.0. The van der Waals surface area contributed by atoms with E-state index in [0.717, 1.165) is 24.5 Å².